The molecule has 27 heavy (non-hydrogen) atoms. The maximum Gasteiger partial charge on any atom is 0.387 e. The van der Waals surface area contributed by atoms with Crippen molar-refractivity contribution < 1.29 is 17.9 Å². The molecule has 4 rings (SSSR count). The van der Waals surface area contributed by atoms with Gasteiger partial charge in [0.1, 0.15) is 6.33 Å². The second kappa shape index (κ2) is 8.12. The number of halogens is 3. The van der Waals surface area contributed by atoms with Crippen LogP contribution in [0.2, 0.25) is 12.6 Å². The zero-order chi connectivity index (χ0) is 19.4. The van der Waals surface area contributed by atoms with Gasteiger partial charge in [0.25, 0.3) is 6.71 Å². The van der Waals surface area contributed by atoms with E-state index in [-0.39, 0.29) is 16.6 Å². The van der Waals surface area contributed by atoms with Gasteiger partial charge in [0.15, 0.2) is 17.2 Å². The van der Waals surface area contributed by atoms with Crippen molar-refractivity contribution in [1.29, 1.82) is 5.26 Å². The van der Waals surface area contributed by atoms with Crippen LogP contribution in [0.3, 0.4) is 0 Å². The zero-order valence-corrected chi connectivity index (χ0v) is 14.2. The van der Waals surface area contributed by atoms with E-state index in [1.165, 1.54) is 19.3 Å². The first-order chi connectivity index (χ1) is 13.0. The molecule has 140 valence electrons. The zero-order valence-electron chi connectivity index (χ0n) is 14.2. The summed E-state index contributed by atoms with van der Waals surface area (Å²) >= 11 is 0. The Morgan fingerprint density at radius 1 is 1.30 bits per heavy atom. The highest BCUT2D eigenvalue weighted by atomic mass is 19.3. The summed E-state index contributed by atoms with van der Waals surface area (Å²) in [6.07, 6.45) is 7.33. The highest BCUT2D eigenvalue weighted by Crippen LogP contribution is 2.26. The molecule has 11 heteroatoms. The average molecular weight is 377 g/mol. The van der Waals surface area contributed by atoms with Crippen molar-refractivity contribution in [1.82, 2.24) is 19.6 Å². The van der Waals surface area contributed by atoms with E-state index >= 15 is 0 Å². The molecule has 1 saturated heterocycles. The van der Waals surface area contributed by atoms with Crippen LogP contribution in [-0.2, 0) is 0 Å². The Hall–Kier alpha value is -3.03. The summed E-state index contributed by atoms with van der Waals surface area (Å²) in [5.74, 6) is 0.671. The number of H-pyrrole nitrogens is 1. The first-order valence-corrected chi connectivity index (χ1v) is 8.39. The number of hydrogen-bond donors (Lipinski definition) is 1. The maximum absolute atomic E-state index is 13.6. The second-order valence-electron chi connectivity index (χ2n) is 6.10. The lowest BCUT2D eigenvalue weighted by Crippen LogP contribution is -2.17. The van der Waals surface area contributed by atoms with Crippen LogP contribution in [-0.4, -0.2) is 32.9 Å². The Kier molecular flexibility index (Phi) is 5.64. The Labute approximate surface area is 151 Å². The van der Waals surface area contributed by atoms with Gasteiger partial charge >= 0.3 is 12.3 Å². The summed E-state index contributed by atoms with van der Waals surface area (Å²) in [6, 6.07) is 1.93. The summed E-state index contributed by atoms with van der Waals surface area (Å²) in [4.78, 5) is 17.8. The number of fused-ring (bicyclic) bond motifs is 3. The van der Waals surface area contributed by atoms with Crippen LogP contribution in [0.4, 0.5) is 13.2 Å². The van der Waals surface area contributed by atoms with Crippen molar-refractivity contribution in [3.05, 3.63) is 34.8 Å². The van der Waals surface area contributed by atoms with Gasteiger partial charge in [-0.25, -0.2) is 19.4 Å². The number of nitrogens with one attached hydrogen (secondary N) is 1. The largest absolute Gasteiger partial charge is 0.432 e. The van der Waals surface area contributed by atoms with Gasteiger partial charge < -0.3 is 9.72 Å². The van der Waals surface area contributed by atoms with Crippen LogP contribution < -0.4 is 10.4 Å². The predicted molar refractivity (Wildman–Crippen MR) is 92.5 cm³/mol. The number of aromatic nitrogens is 4. The number of ether oxygens (including phenoxy) is 1. The smallest absolute Gasteiger partial charge is 0.387 e. The van der Waals surface area contributed by atoms with Crippen LogP contribution in [0, 0.1) is 17.0 Å². The van der Waals surface area contributed by atoms with Gasteiger partial charge in [-0.15, -0.1) is 0 Å². The molecular weight excluding hydrogens is 362 g/mol. The van der Waals surface area contributed by atoms with Gasteiger partial charge in [0.2, 0.25) is 0 Å². The number of aromatic amines is 1. The van der Waals surface area contributed by atoms with E-state index in [0.717, 1.165) is 35.6 Å². The third-order valence-electron chi connectivity index (χ3n) is 4.30. The first kappa shape index (κ1) is 18.8. The molecule has 2 aromatic heterocycles. The second-order valence-corrected chi connectivity index (χ2v) is 6.10. The molecular formula is C16H15BF3N5O2. The number of rotatable bonds is 2. The molecule has 0 saturated carbocycles. The van der Waals surface area contributed by atoms with Crippen molar-refractivity contribution in [2.45, 2.75) is 38.5 Å². The lowest BCUT2D eigenvalue weighted by atomic mass is 9.43. The van der Waals surface area contributed by atoms with Gasteiger partial charge in [0, 0.05) is 17.4 Å². The Morgan fingerprint density at radius 2 is 2.04 bits per heavy atom. The minimum absolute atomic E-state index is 0.126. The molecule has 1 N–H and O–H groups in total. The van der Waals surface area contributed by atoms with Crippen LogP contribution in [0.15, 0.2) is 23.3 Å². The fourth-order valence-electron chi connectivity index (χ4n) is 3.00. The summed E-state index contributed by atoms with van der Waals surface area (Å²) in [7, 11) is 0. The molecule has 0 spiro atoms. The van der Waals surface area contributed by atoms with E-state index in [9.17, 15) is 18.0 Å². The lowest BCUT2D eigenvalue weighted by molar-refractivity contribution is -0.0520. The molecule has 0 atom stereocenters. The van der Waals surface area contributed by atoms with E-state index in [4.69, 9.17) is 5.26 Å². The lowest BCUT2D eigenvalue weighted by Gasteiger charge is -2.09. The third-order valence-corrected chi connectivity index (χ3v) is 4.30. The summed E-state index contributed by atoms with van der Waals surface area (Å²) in [6.45, 7) is -2.76. The molecule has 1 fully saturated rings. The van der Waals surface area contributed by atoms with Crippen molar-refractivity contribution in [2.24, 2.45) is 0 Å². The van der Waals surface area contributed by atoms with Crippen molar-refractivity contribution in [2.75, 3.05) is 0 Å². The Morgan fingerprint density at radius 3 is 2.67 bits per heavy atom. The maximum atomic E-state index is 13.6. The minimum Gasteiger partial charge on any atom is -0.432 e. The van der Waals surface area contributed by atoms with Crippen LogP contribution >= 0.6 is 0 Å². The number of hydrogen-bond acceptors (Lipinski definition) is 5. The highest BCUT2D eigenvalue weighted by Gasteiger charge is 2.16. The normalized spacial score (nSPS) is 14.1. The highest BCUT2D eigenvalue weighted by molar-refractivity contribution is 6.66. The molecule has 0 unspecified atom stereocenters. The fourth-order valence-corrected chi connectivity index (χ4v) is 3.00. The molecule has 1 aromatic carbocycles. The Balaban J connectivity index is 0.000000221. The molecule has 1 aliphatic heterocycles. The SMILES string of the molecule is N#CB1CCCCC1.O=c1[nH]c2cc(OC(F)F)c(F)cc2c2ncnn12. The molecule has 0 amide bonds. The molecule has 3 aromatic rings. The van der Waals surface area contributed by atoms with E-state index in [1.54, 1.807) is 0 Å². The van der Waals surface area contributed by atoms with Gasteiger partial charge in [0.05, 0.1) is 5.52 Å². The summed E-state index contributed by atoms with van der Waals surface area (Å²) in [5.41, 5.74) is -0.363. The van der Waals surface area contributed by atoms with E-state index < -0.39 is 23.9 Å². The molecule has 3 heterocycles. The van der Waals surface area contributed by atoms with E-state index in [1.807, 2.05) is 0 Å². The van der Waals surface area contributed by atoms with Crippen molar-refractivity contribution in [3.63, 3.8) is 0 Å². The van der Waals surface area contributed by atoms with Crippen molar-refractivity contribution >= 4 is 23.3 Å². The Bertz CT molecular complexity index is 1040. The van der Waals surface area contributed by atoms with Gasteiger partial charge in [-0.2, -0.15) is 18.4 Å². The van der Waals surface area contributed by atoms with E-state index in [2.05, 4.69) is 25.8 Å². The van der Waals surface area contributed by atoms with Crippen molar-refractivity contribution in [3.8, 4) is 11.7 Å². The molecule has 1 aliphatic rings. The quantitative estimate of drug-likeness (QED) is 0.693. The number of nitriles is 1. The molecule has 7 nitrogen and oxygen atoms in total. The van der Waals surface area contributed by atoms with Crippen LogP contribution in [0.5, 0.6) is 5.75 Å². The third kappa shape index (κ3) is 4.21. The molecule has 0 radical (unpaired) electrons. The molecule has 0 bridgehead atoms. The van der Waals surface area contributed by atoms with Crippen LogP contribution in [0.1, 0.15) is 19.3 Å². The molecule has 0 aliphatic carbocycles. The number of alkyl halides is 2. The van der Waals surface area contributed by atoms with E-state index in [0.29, 0.717) is 6.71 Å². The van der Waals surface area contributed by atoms with Gasteiger partial charge in [-0.1, -0.05) is 31.9 Å². The average Bonchev–Trinajstić information content (AvgIpc) is 3.15. The predicted octanol–water partition coefficient (Wildman–Crippen LogP) is 3.04. The minimum atomic E-state index is -3.16. The summed E-state index contributed by atoms with van der Waals surface area (Å²) < 4.78 is 42.8. The number of nitrogens with zero attached hydrogens (tertiary/aromatic N) is 4. The van der Waals surface area contributed by atoms with Gasteiger partial charge in [-0.05, 0) is 6.07 Å². The van der Waals surface area contributed by atoms with Crippen LogP contribution in [0.25, 0.3) is 16.6 Å². The fraction of sp³-hybridized carbons (Fsp3) is 0.375. The standard InChI is InChI=1S/C10H5F3N4O2.C6H10BN/c11-5-1-4-6(2-7(5)19-9(12)13)16-10(18)17-8(4)14-3-15-17;8-6-7-4-2-1-3-5-7/h1-3,9H,(H,16,18);1-5H2. The monoisotopic (exact) mass is 377 g/mol. The first-order valence-electron chi connectivity index (χ1n) is 8.39. The van der Waals surface area contributed by atoms with Gasteiger partial charge in [-0.3, -0.25) is 0 Å². The topological polar surface area (TPSA) is 96.1 Å². The summed E-state index contributed by atoms with van der Waals surface area (Å²) in [5, 5.41) is 12.3. The number of benzene rings is 1.